The average molecular weight is 411 g/mol. The van der Waals surface area contributed by atoms with Crippen LogP contribution >= 0.6 is 0 Å². The van der Waals surface area contributed by atoms with Gasteiger partial charge in [0.05, 0.1) is 0 Å². The highest BCUT2D eigenvalue weighted by molar-refractivity contribution is 5.33. The molecule has 11 atom stereocenters. The van der Waals surface area contributed by atoms with E-state index in [4.69, 9.17) is 0 Å². The Morgan fingerprint density at radius 3 is 1.33 bits per heavy atom. The maximum Gasteiger partial charge on any atom is -0.0165 e. The molecule has 6 saturated carbocycles. The van der Waals surface area contributed by atoms with Gasteiger partial charge in [-0.1, -0.05) is 62.3 Å². The zero-order chi connectivity index (χ0) is 21.6. The van der Waals surface area contributed by atoms with E-state index in [1.165, 1.54) is 0 Å². The van der Waals surface area contributed by atoms with Crippen molar-refractivity contribution in [1.82, 2.24) is 0 Å². The second-order valence-electron chi connectivity index (χ2n) is 14.9. The minimum absolute atomic E-state index is 0.652. The van der Waals surface area contributed by atoms with E-state index >= 15 is 0 Å². The predicted octanol–water partition coefficient (Wildman–Crippen LogP) is 8.31. The Morgan fingerprint density at radius 2 is 1.00 bits per heavy atom. The van der Waals surface area contributed by atoms with Crippen LogP contribution in [0, 0.1) is 86.8 Å². The van der Waals surface area contributed by atoms with Crippen molar-refractivity contribution in [3.8, 4) is 0 Å². The van der Waals surface area contributed by atoms with Crippen molar-refractivity contribution in [2.75, 3.05) is 0 Å². The topological polar surface area (TPSA) is 0 Å². The van der Waals surface area contributed by atoms with Gasteiger partial charge in [0, 0.05) is 0 Å². The standard InChI is InChI=1S/C30H50/c1-16(2)27-13-22(27)19(7)10-25(27)30(12-21(9)24-15-29(24,30)18(5)6)26-11-20(8)23-14-28(23,26)17(3)4/h16-26H,10-15H2,1-9H3. The lowest BCUT2D eigenvalue weighted by Crippen LogP contribution is -2.52. The number of hydrogen-bond acceptors (Lipinski definition) is 0. The van der Waals surface area contributed by atoms with Gasteiger partial charge in [-0.2, -0.15) is 0 Å². The summed E-state index contributed by atoms with van der Waals surface area (Å²) in [6.45, 7) is 23.7. The van der Waals surface area contributed by atoms with Crippen LogP contribution in [-0.2, 0) is 0 Å². The van der Waals surface area contributed by atoms with Crippen LogP contribution in [0.15, 0.2) is 0 Å². The normalized spacial score (nSPS) is 62.8. The number of rotatable bonds is 5. The minimum atomic E-state index is 0.652. The molecule has 0 aromatic heterocycles. The molecule has 0 heterocycles. The van der Waals surface area contributed by atoms with Crippen LogP contribution in [0.5, 0.6) is 0 Å². The summed E-state index contributed by atoms with van der Waals surface area (Å²) >= 11 is 0. The fourth-order valence-corrected chi connectivity index (χ4v) is 12.7. The van der Waals surface area contributed by atoms with Crippen molar-refractivity contribution >= 4 is 0 Å². The van der Waals surface area contributed by atoms with Crippen LogP contribution in [-0.4, -0.2) is 0 Å². The van der Waals surface area contributed by atoms with Gasteiger partial charge in [0.25, 0.3) is 0 Å². The highest BCUT2D eigenvalue weighted by Gasteiger charge is 2.86. The van der Waals surface area contributed by atoms with Crippen LogP contribution in [0.4, 0.5) is 0 Å². The molecule has 0 aromatic rings. The van der Waals surface area contributed by atoms with E-state index in [0.29, 0.717) is 21.7 Å². The van der Waals surface area contributed by atoms with E-state index < -0.39 is 0 Å². The van der Waals surface area contributed by atoms with Gasteiger partial charge < -0.3 is 0 Å². The van der Waals surface area contributed by atoms with Crippen molar-refractivity contribution in [3.63, 3.8) is 0 Å². The lowest BCUT2D eigenvalue weighted by Gasteiger charge is -2.57. The molecule has 0 nitrogen and oxygen atoms in total. The summed E-state index contributed by atoms with van der Waals surface area (Å²) in [5.41, 5.74) is 2.73. The highest BCUT2D eigenvalue weighted by atomic mass is 14.9. The molecule has 0 radical (unpaired) electrons. The first-order valence-corrected chi connectivity index (χ1v) is 14.0. The first-order valence-electron chi connectivity index (χ1n) is 14.0. The van der Waals surface area contributed by atoms with Gasteiger partial charge in [-0.05, 0) is 125 Å². The van der Waals surface area contributed by atoms with Crippen LogP contribution < -0.4 is 0 Å². The molecule has 0 aromatic carbocycles. The molecule has 0 bridgehead atoms. The molecule has 11 unspecified atom stereocenters. The van der Waals surface area contributed by atoms with Crippen LogP contribution in [0.25, 0.3) is 0 Å². The summed E-state index contributed by atoms with van der Waals surface area (Å²) in [5.74, 6) is 10.8. The Balaban J connectivity index is 1.56. The summed E-state index contributed by atoms with van der Waals surface area (Å²) < 4.78 is 0. The smallest absolute Gasteiger partial charge is 0.0165 e. The van der Waals surface area contributed by atoms with Crippen LogP contribution in [0.3, 0.4) is 0 Å². The molecule has 6 aliphatic carbocycles. The van der Waals surface area contributed by atoms with E-state index in [1.54, 1.807) is 38.5 Å². The van der Waals surface area contributed by atoms with Gasteiger partial charge in [0.1, 0.15) is 0 Å². The second kappa shape index (κ2) is 5.73. The van der Waals surface area contributed by atoms with Crippen molar-refractivity contribution in [3.05, 3.63) is 0 Å². The van der Waals surface area contributed by atoms with E-state index in [0.717, 1.165) is 65.1 Å². The van der Waals surface area contributed by atoms with Crippen molar-refractivity contribution in [2.45, 2.75) is 101 Å². The predicted molar refractivity (Wildman–Crippen MR) is 127 cm³/mol. The third-order valence-corrected chi connectivity index (χ3v) is 13.8. The first-order chi connectivity index (χ1) is 14.0. The van der Waals surface area contributed by atoms with Gasteiger partial charge in [-0.25, -0.2) is 0 Å². The summed E-state index contributed by atoms with van der Waals surface area (Å²) in [4.78, 5) is 0. The Kier molecular flexibility index (Phi) is 3.93. The molecule has 0 amide bonds. The number of hydrogen-bond donors (Lipinski definition) is 0. The molecule has 0 aliphatic heterocycles. The quantitative estimate of drug-likeness (QED) is 0.427. The first kappa shape index (κ1) is 20.6. The Morgan fingerprint density at radius 1 is 0.533 bits per heavy atom. The van der Waals surface area contributed by atoms with Crippen molar-refractivity contribution in [1.29, 1.82) is 0 Å². The zero-order valence-corrected chi connectivity index (χ0v) is 21.6. The largest absolute Gasteiger partial charge is 0.0622 e. The van der Waals surface area contributed by atoms with Gasteiger partial charge >= 0.3 is 0 Å². The highest BCUT2D eigenvalue weighted by Crippen LogP contribution is 2.92. The summed E-state index contributed by atoms with van der Waals surface area (Å²) in [7, 11) is 0. The average Bonchev–Trinajstić information content (AvgIpc) is 3.57. The monoisotopic (exact) mass is 410 g/mol. The third-order valence-electron chi connectivity index (χ3n) is 13.8. The summed E-state index contributed by atoms with van der Waals surface area (Å²) in [6.07, 6.45) is 9.46. The molecular weight excluding hydrogens is 360 g/mol. The fourth-order valence-electron chi connectivity index (χ4n) is 12.7. The van der Waals surface area contributed by atoms with Crippen molar-refractivity contribution < 1.29 is 0 Å². The minimum Gasteiger partial charge on any atom is -0.0622 e. The SMILES string of the molecule is CC1CC(C2(C3CC(C)C4CC43C(C)C)CC(C)C3CC32C(C)C)C2(C(C)C)CC12. The fraction of sp³-hybridized carbons (Fsp3) is 1.00. The molecule has 0 saturated heterocycles. The molecule has 6 rings (SSSR count). The Labute approximate surface area is 187 Å². The lowest BCUT2D eigenvalue weighted by atomic mass is 9.47. The molecule has 6 aliphatic rings. The van der Waals surface area contributed by atoms with Gasteiger partial charge in [-0.15, -0.1) is 0 Å². The molecular formula is C30H50. The Bertz CT molecular complexity index is 703. The zero-order valence-electron chi connectivity index (χ0n) is 21.6. The molecule has 30 heavy (non-hydrogen) atoms. The molecule has 170 valence electrons. The van der Waals surface area contributed by atoms with Crippen molar-refractivity contribution in [2.24, 2.45) is 86.8 Å². The van der Waals surface area contributed by atoms with Crippen LogP contribution in [0.2, 0.25) is 0 Å². The van der Waals surface area contributed by atoms with Gasteiger partial charge in [0.2, 0.25) is 0 Å². The molecule has 0 N–H and O–H groups in total. The maximum absolute atomic E-state index is 2.67. The van der Waals surface area contributed by atoms with E-state index in [1.807, 2.05) is 0 Å². The molecule has 6 fully saturated rings. The van der Waals surface area contributed by atoms with E-state index in [9.17, 15) is 0 Å². The van der Waals surface area contributed by atoms with Gasteiger partial charge in [-0.3, -0.25) is 0 Å². The maximum atomic E-state index is 2.67. The third kappa shape index (κ3) is 1.92. The summed E-state index contributed by atoms with van der Waals surface area (Å²) in [6, 6.07) is 0. The lowest BCUT2D eigenvalue weighted by molar-refractivity contribution is -0.1000. The Hall–Kier alpha value is 0. The van der Waals surface area contributed by atoms with Crippen LogP contribution in [0.1, 0.15) is 101 Å². The summed E-state index contributed by atoms with van der Waals surface area (Å²) in [5, 5.41) is 0. The molecule has 0 heteroatoms. The second-order valence-corrected chi connectivity index (χ2v) is 14.9. The van der Waals surface area contributed by atoms with E-state index in [2.05, 4.69) is 62.3 Å². The molecule has 0 spiro atoms. The van der Waals surface area contributed by atoms with Gasteiger partial charge in [0.15, 0.2) is 0 Å². The number of fused-ring (bicyclic) bond motifs is 3. The van der Waals surface area contributed by atoms with E-state index in [-0.39, 0.29) is 0 Å².